The van der Waals surface area contributed by atoms with E-state index in [2.05, 4.69) is 10.1 Å². The molecule has 0 amide bonds. The van der Waals surface area contributed by atoms with Crippen molar-refractivity contribution in [3.05, 3.63) is 30.2 Å². The highest BCUT2D eigenvalue weighted by atomic mass is 15.3. The summed E-state index contributed by atoms with van der Waals surface area (Å²) in [6.45, 7) is 0. The Kier molecular flexibility index (Phi) is 1.64. The minimum atomic E-state index is 0.443. The first kappa shape index (κ1) is 7.62. The molecule has 0 bridgehead atoms. The molecule has 2 rings (SSSR count). The number of aryl methyl sites for hydroxylation is 1. The van der Waals surface area contributed by atoms with Crippen molar-refractivity contribution in [1.82, 2.24) is 14.8 Å². The maximum atomic E-state index is 8.64. The molecule has 2 aromatic heterocycles. The molecule has 0 aromatic carbocycles. The molecule has 0 atom stereocenters. The molecule has 2 aromatic rings. The fourth-order valence-corrected chi connectivity index (χ4v) is 1.28. The van der Waals surface area contributed by atoms with Gasteiger partial charge in [0.2, 0.25) is 0 Å². The number of hydrogen-bond acceptors (Lipinski definition) is 2. The zero-order valence-corrected chi connectivity index (χ0v) is 7.15. The quantitative estimate of drug-likeness (QED) is 0.704. The summed E-state index contributed by atoms with van der Waals surface area (Å²) in [5.41, 5.74) is 2.42. The zero-order valence-electron chi connectivity index (χ0n) is 7.15. The van der Waals surface area contributed by atoms with Gasteiger partial charge in [-0.2, -0.15) is 10.4 Å². The number of nitriles is 1. The van der Waals surface area contributed by atoms with E-state index in [-0.39, 0.29) is 0 Å². The van der Waals surface area contributed by atoms with Crippen molar-refractivity contribution in [2.24, 2.45) is 7.05 Å². The Morgan fingerprint density at radius 1 is 1.62 bits per heavy atom. The van der Waals surface area contributed by atoms with Gasteiger partial charge in [-0.3, -0.25) is 4.68 Å². The van der Waals surface area contributed by atoms with Crippen LogP contribution in [0.4, 0.5) is 0 Å². The minimum absolute atomic E-state index is 0.443. The van der Waals surface area contributed by atoms with Crippen molar-refractivity contribution in [2.75, 3.05) is 0 Å². The standard InChI is InChI=1S/C9H8N4/c1-13-9(4-8(5-10)12-13)7-2-3-11-6-7/h2-4,6,11H,1H3. The van der Waals surface area contributed by atoms with E-state index in [1.54, 1.807) is 10.7 Å². The number of H-pyrrole nitrogens is 1. The maximum absolute atomic E-state index is 8.64. The lowest BCUT2D eigenvalue weighted by atomic mass is 10.2. The van der Waals surface area contributed by atoms with Crippen LogP contribution in [0.2, 0.25) is 0 Å². The summed E-state index contributed by atoms with van der Waals surface area (Å²) in [7, 11) is 1.82. The van der Waals surface area contributed by atoms with Gasteiger partial charge in [-0.15, -0.1) is 0 Å². The molecule has 0 saturated carbocycles. The Balaban J connectivity index is 2.54. The van der Waals surface area contributed by atoms with Gasteiger partial charge in [0.25, 0.3) is 0 Å². The summed E-state index contributed by atoms with van der Waals surface area (Å²) in [5, 5.41) is 12.7. The summed E-state index contributed by atoms with van der Waals surface area (Å²) in [6.07, 6.45) is 3.71. The van der Waals surface area contributed by atoms with Crippen LogP contribution in [-0.2, 0) is 7.05 Å². The van der Waals surface area contributed by atoms with Crippen LogP contribution in [0.1, 0.15) is 5.69 Å². The summed E-state index contributed by atoms with van der Waals surface area (Å²) < 4.78 is 1.70. The molecule has 4 nitrogen and oxygen atoms in total. The average Bonchev–Trinajstić information content (AvgIpc) is 2.72. The van der Waals surface area contributed by atoms with E-state index in [0.717, 1.165) is 11.3 Å². The molecule has 0 fully saturated rings. The fraction of sp³-hybridized carbons (Fsp3) is 0.111. The van der Waals surface area contributed by atoms with Gasteiger partial charge < -0.3 is 4.98 Å². The Bertz CT molecular complexity index is 444. The summed E-state index contributed by atoms with van der Waals surface area (Å²) >= 11 is 0. The van der Waals surface area contributed by atoms with Crippen molar-refractivity contribution in [2.45, 2.75) is 0 Å². The molecule has 13 heavy (non-hydrogen) atoms. The van der Waals surface area contributed by atoms with Crippen molar-refractivity contribution >= 4 is 0 Å². The van der Waals surface area contributed by atoms with E-state index in [1.165, 1.54) is 0 Å². The third kappa shape index (κ3) is 1.20. The van der Waals surface area contributed by atoms with E-state index in [9.17, 15) is 0 Å². The lowest BCUT2D eigenvalue weighted by Gasteiger charge is -1.95. The Morgan fingerprint density at radius 3 is 3.00 bits per heavy atom. The van der Waals surface area contributed by atoms with Crippen LogP contribution in [0.15, 0.2) is 24.5 Å². The molecule has 0 unspecified atom stereocenters. The Labute approximate surface area is 75.4 Å². The van der Waals surface area contributed by atoms with E-state index >= 15 is 0 Å². The molecule has 0 aliphatic heterocycles. The summed E-state index contributed by atoms with van der Waals surface area (Å²) in [4.78, 5) is 2.96. The largest absolute Gasteiger partial charge is 0.367 e. The SMILES string of the molecule is Cn1nc(C#N)cc1-c1cc[nH]c1. The van der Waals surface area contributed by atoms with E-state index < -0.39 is 0 Å². The normalized spacial score (nSPS) is 9.85. The molecule has 0 spiro atoms. The molecular formula is C9H8N4. The van der Waals surface area contributed by atoms with Crippen LogP contribution in [0.3, 0.4) is 0 Å². The number of hydrogen-bond donors (Lipinski definition) is 1. The number of nitrogens with zero attached hydrogens (tertiary/aromatic N) is 3. The van der Waals surface area contributed by atoms with Crippen LogP contribution >= 0.6 is 0 Å². The van der Waals surface area contributed by atoms with E-state index in [1.807, 2.05) is 31.6 Å². The molecular weight excluding hydrogens is 164 g/mol. The molecule has 0 saturated heterocycles. The molecule has 0 radical (unpaired) electrons. The molecule has 0 aliphatic rings. The maximum Gasteiger partial charge on any atom is 0.163 e. The van der Waals surface area contributed by atoms with Gasteiger partial charge in [0.15, 0.2) is 5.69 Å². The molecule has 2 heterocycles. The second-order valence-corrected chi connectivity index (χ2v) is 2.75. The predicted octanol–water partition coefficient (Wildman–Crippen LogP) is 1.29. The molecule has 4 heteroatoms. The lowest BCUT2D eigenvalue weighted by Crippen LogP contribution is -1.92. The van der Waals surface area contributed by atoms with Gasteiger partial charge in [0.05, 0.1) is 5.69 Å². The topological polar surface area (TPSA) is 57.4 Å². The highest BCUT2D eigenvalue weighted by Gasteiger charge is 2.06. The molecule has 0 aliphatic carbocycles. The first-order valence-electron chi connectivity index (χ1n) is 3.88. The van der Waals surface area contributed by atoms with Crippen LogP contribution in [0.25, 0.3) is 11.3 Å². The van der Waals surface area contributed by atoms with Crippen molar-refractivity contribution < 1.29 is 0 Å². The van der Waals surface area contributed by atoms with Crippen molar-refractivity contribution in [3.63, 3.8) is 0 Å². The highest BCUT2D eigenvalue weighted by Crippen LogP contribution is 2.18. The smallest absolute Gasteiger partial charge is 0.163 e. The second kappa shape index (κ2) is 2.79. The monoisotopic (exact) mass is 172 g/mol. The third-order valence-electron chi connectivity index (χ3n) is 1.89. The van der Waals surface area contributed by atoms with Crippen molar-refractivity contribution in [3.8, 4) is 17.3 Å². The summed E-state index contributed by atoms with van der Waals surface area (Å²) in [6, 6.07) is 5.72. The van der Waals surface area contributed by atoms with Crippen LogP contribution < -0.4 is 0 Å². The fourth-order valence-electron chi connectivity index (χ4n) is 1.28. The number of aromatic nitrogens is 3. The van der Waals surface area contributed by atoms with Gasteiger partial charge in [0, 0.05) is 31.1 Å². The van der Waals surface area contributed by atoms with Gasteiger partial charge in [0.1, 0.15) is 6.07 Å². The predicted molar refractivity (Wildman–Crippen MR) is 47.7 cm³/mol. The van der Waals surface area contributed by atoms with Gasteiger partial charge >= 0.3 is 0 Å². The second-order valence-electron chi connectivity index (χ2n) is 2.75. The minimum Gasteiger partial charge on any atom is -0.367 e. The van der Waals surface area contributed by atoms with Gasteiger partial charge in [-0.1, -0.05) is 0 Å². The number of aromatic amines is 1. The van der Waals surface area contributed by atoms with Gasteiger partial charge in [-0.25, -0.2) is 0 Å². The lowest BCUT2D eigenvalue weighted by molar-refractivity contribution is 0.771. The first-order valence-corrected chi connectivity index (χ1v) is 3.88. The highest BCUT2D eigenvalue weighted by molar-refractivity contribution is 5.59. The Morgan fingerprint density at radius 2 is 2.46 bits per heavy atom. The average molecular weight is 172 g/mol. The summed E-state index contributed by atoms with van der Waals surface area (Å²) in [5.74, 6) is 0. The zero-order chi connectivity index (χ0) is 9.26. The van der Waals surface area contributed by atoms with E-state index in [0.29, 0.717) is 5.69 Å². The van der Waals surface area contributed by atoms with Crippen LogP contribution in [0.5, 0.6) is 0 Å². The molecule has 1 N–H and O–H groups in total. The van der Waals surface area contributed by atoms with E-state index in [4.69, 9.17) is 5.26 Å². The third-order valence-corrected chi connectivity index (χ3v) is 1.89. The molecule has 64 valence electrons. The first-order chi connectivity index (χ1) is 6.31. The van der Waals surface area contributed by atoms with Crippen molar-refractivity contribution in [1.29, 1.82) is 5.26 Å². The van der Waals surface area contributed by atoms with Crippen LogP contribution in [-0.4, -0.2) is 14.8 Å². The Hall–Kier alpha value is -2.02. The van der Waals surface area contributed by atoms with Crippen LogP contribution in [0, 0.1) is 11.3 Å². The number of rotatable bonds is 1. The number of nitrogens with one attached hydrogen (secondary N) is 1. The van der Waals surface area contributed by atoms with Gasteiger partial charge in [-0.05, 0) is 6.07 Å².